The second-order valence-corrected chi connectivity index (χ2v) is 29.9. The molecule has 244 valence electrons. The first-order chi connectivity index (χ1) is 22.5. The van der Waals surface area contributed by atoms with Crippen LogP contribution in [0.5, 0.6) is 0 Å². The van der Waals surface area contributed by atoms with Crippen molar-refractivity contribution in [3.63, 3.8) is 0 Å². The molecule has 0 saturated heterocycles. The molecule has 5 aromatic rings. The van der Waals surface area contributed by atoms with Gasteiger partial charge in [-0.15, -0.1) is 0 Å². The van der Waals surface area contributed by atoms with E-state index in [4.69, 9.17) is 4.21 Å². The third-order valence-corrected chi connectivity index (χ3v) is 29.0. The molecule has 0 spiro atoms. The van der Waals surface area contributed by atoms with Gasteiger partial charge in [0.15, 0.2) is 0 Å². The van der Waals surface area contributed by atoms with Crippen molar-refractivity contribution in [2.75, 3.05) is 0 Å². The summed E-state index contributed by atoms with van der Waals surface area (Å²) in [5.41, 5.74) is 6.38. The molecule has 4 heteroatoms. The number of halogens is 3. The molecule has 0 atom stereocenters. The van der Waals surface area contributed by atoms with E-state index in [-0.39, 0.29) is 18.1 Å². The van der Waals surface area contributed by atoms with Crippen LogP contribution in [0.4, 0.5) is 13.2 Å². The normalized spacial score (nSPS) is 15.7. The molecule has 0 heterocycles. The molecule has 48 heavy (non-hydrogen) atoms. The second-order valence-electron chi connectivity index (χ2n) is 16.1. The van der Waals surface area contributed by atoms with Gasteiger partial charge in [-0.25, -0.2) is 0 Å². The van der Waals surface area contributed by atoms with Gasteiger partial charge in [0.2, 0.25) is 0 Å². The van der Waals surface area contributed by atoms with E-state index in [0.29, 0.717) is 0 Å². The van der Waals surface area contributed by atoms with E-state index in [1.807, 2.05) is 18.2 Å². The average Bonchev–Trinajstić information content (AvgIpc) is 3.71. The second kappa shape index (κ2) is 10.9. The minimum atomic E-state index is -5.48. The summed E-state index contributed by atoms with van der Waals surface area (Å²) in [6.45, 7) is 13.4. The number of rotatable bonds is 4. The summed E-state index contributed by atoms with van der Waals surface area (Å²) in [4.78, 5) is 0. The first kappa shape index (κ1) is 32.9. The van der Waals surface area contributed by atoms with E-state index in [1.165, 1.54) is 45.5 Å². The van der Waals surface area contributed by atoms with Crippen molar-refractivity contribution in [1.29, 1.82) is 0 Å². The first-order valence-corrected chi connectivity index (χ1v) is 23.9. The van der Waals surface area contributed by atoms with Crippen LogP contribution in [-0.2, 0) is 35.3 Å². The molecule has 0 aromatic heterocycles. The Morgan fingerprint density at radius 2 is 1.12 bits per heavy atom. The van der Waals surface area contributed by atoms with Gasteiger partial charge >= 0.3 is 285 Å². The van der Waals surface area contributed by atoms with E-state index >= 15 is 0 Å². The summed E-state index contributed by atoms with van der Waals surface area (Å²) < 4.78 is 51.0. The van der Waals surface area contributed by atoms with Crippen LogP contribution in [0.25, 0.3) is 21.9 Å². The Bertz CT molecular complexity index is 2140. The monoisotopic (exact) mass is 718 g/mol. The van der Waals surface area contributed by atoms with Gasteiger partial charge in [-0.3, -0.25) is 0 Å². The molecule has 0 bridgehead atoms. The van der Waals surface area contributed by atoms with E-state index in [2.05, 4.69) is 133 Å². The maximum absolute atomic E-state index is 14.7. The fraction of sp³-hybridized carbons (Fsp3) is 0.250. The molecule has 2 aliphatic carbocycles. The molecule has 2 aliphatic rings. The summed E-state index contributed by atoms with van der Waals surface area (Å²) in [5.74, 6) is 0. The minimum absolute atomic E-state index is 0.0784. The molecular formula is C44H43F3Zr. The zero-order valence-corrected chi connectivity index (χ0v) is 31.1. The van der Waals surface area contributed by atoms with E-state index in [9.17, 15) is 13.2 Å². The van der Waals surface area contributed by atoms with Crippen LogP contribution in [0.1, 0.15) is 73.0 Å². The van der Waals surface area contributed by atoms with Crippen molar-refractivity contribution in [3.05, 3.63) is 155 Å². The van der Waals surface area contributed by atoms with Gasteiger partial charge in [0.1, 0.15) is 0 Å². The zero-order valence-electron chi connectivity index (χ0n) is 28.6. The Morgan fingerprint density at radius 1 is 0.583 bits per heavy atom. The van der Waals surface area contributed by atoms with Crippen molar-refractivity contribution in [2.45, 2.75) is 65.8 Å². The molecule has 0 radical (unpaired) electrons. The van der Waals surface area contributed by atoms with Crippen molar-refractivity contribution in [1.82, 2.24) is 0 Å². The predicted molar refractivity (Wildman–Crippen MR) is 195 cm³/mol. The SMILES string of the molecule is [CH2]=[Zr]([c]1cccc(C(F)(F)F)c1)([c]1cccc2ccccc12)([CH]1C=CC=C1)[CH]1c2ccc(C(C)(C)C)cc2-c2cc(C(C)(C)C)ccc21. The molecule has 0 unspecified atom stereocenters. The van der Waals surface area contributed by atoms with Crippen LogP contribution in [0.15, 0.2) is 127 Å². The molecule has 0 amide bonds. The van der Waals surface area contributed by atoms with Gasteiger partial charge in [-0.05, 0) is 0 Å². The van der Waals surface area contributed by atoms with Crippen molar-refractivity contribution in [2.24, 2.45) is 0 Å². The quantitative estimate of drug-likeness (QED) is 0.173. The van der Waals surface area contributed by atoms with Crippen LogP contribution >= 0.6 is 0 Å². The zero-order chi connectivity index (χ0) is 34.3. The first-order valence-electron chi connectivity index (χ1n) is 16.9. The summed E-state index contributed by atoms with van der Waals surface area (Å²) in [6, 6.07) is 34.6. The third-order valence-electron chi connectivity index (χ3n) is 11.2. The maximum atomic E-state index is 14.7. The van der Waals surface area contributed by atoms with Crippen molar-refractivity contribution < 1.29 is 31.5 Å². The Balaban J connectivity index is 1.71. The van der Waals surface area contributed by atoms with Gasteiger partial charge in [0.05, 0.1) is 0 Å². The molecule has 0 aliphatic heterocycles. The summed E-state index contributed by atoms with van der Waals surface area (Å²) in [6.07, 6.45) is 4.06. The Hall–Kier alpha value is -3.62. The molecule has 0 saturated carbocycles. The van der Waals surface area contributed by atoms with E-state index in [0.717, 1.165) is 17.3 Å². The Morgan fingerprint density at radius 3 is 1.69 bits per heavy atom. The Labute approximate surface area is 283 Å². The molecule has 5 aromatic carbocycles. The van der Waals surface area contributed by atoms with Crippen molar-refractivity contribution in [3.8, 4) is 11.1 Å². The van der Waals surface area contributed by atoms with E-state index in [1.54, 1.807) is 6.07 Å². The van der Waals surface area contributed by atoms with Crippen LogP contribution in [0, 0.1) is 0 Å². The summed E-state index contributed by atoms with van der Waals surface area (Å²) in [7, 11) is 0. The third kappa shape index (κ3) is 4.85. The van der Waals surface area contributed by atoms with Crippen LogP contribution < -0.4 is 6.54 Å². The number of hydrogen-bond acceptors (Lipinski definition) is 0. The van der Waals surface area contributed by atoms with Crippen molar-refractivity contribution >= 4 is 21.5 Å². The number of fused-ring (bicyclic) bond motifs is 4. The van der Waals surface area contributed by atoms with Gasteiger partial charge in [-0.1, -0.05) is 0 Å². The topological polar surface area (TPSA) is 0 Å². The molecule has 7 rings (SSSR count). The number of allylic oxidation sites excluding steroid dienone is 4. The fourth-order valence-corrected chi connectivity index (χ4v) is 26.9. The van der Waals surface area contributed by atoms with Crippen LogP contribution in [0.3, 0.4) is 0 Å². The van der Waals surface area contributed by atoms with Gasteiger partial charge in [0, 0.05) is 0 Å². The summed E-state index contributed by atoms with van der Waals surface area (Å²) >= 11 is -5.48. The van der Waals surface area contributed by atoms with Gasteiger partial charge in [-0.2, -0.15) is 0 Å². The molecular weight excluding hydrogens is 677 g/mol. The fourth-order valence-electron chi connectivity index (χ4n) is 8.61. The van der Waals surface area contributed by atoms with Crippen LogP contribution in [-0.4, -0.2) is 4.21 Å². The number of benzene rings is 5. The van der Waals surface area contributed by atoms with Gasteiger partial charge < -0.3 is 0 Å². The molecule has 0 fully saturated rings. The Kier molecular flexibility index (Phi) is 7.50. The van der Waals surface area contributed by atoms with E-state index < -0.39 is 30.0 Å². The van der Waals surface area contributed by atoms with Crippen LogP contribution in [0.2, 0.25) is 3.63 Å². The molecule has 0 nitrogen and oxygen atoms in total. The predicted octanol–water partition coefficient (Wildman–Crippen LogP) is 11.2. The number of hydrogen-bond donors (Lipinski definition) is 0. The molecule has 0 N–H and O–H groups in total. The van der Waals surface area contributed by atoms with Gasteiger partial charge in [0.25, 0.3) is 0 Å². The average molecular weight is 720 g/mol. The standard InChI is InChI=1S/C21H25.C10H7.C7H4F3.C5H5.CH2.Zr/c1-20(2,3)16-9-7-14-11-15-8-10-17(21(4,5)6)13-19(15)18(14)12-16;1-2-6-10-8-4-3-7-9(10)5-1;8-7(9,10)6-4-2-1-3-5-6;1-2-4-5-3-1;;/h7-13H,1-6H3;1-7H;1-2,4-5H;1-5H;1H2;. The number of alkyl halides is 3. The summed E-state index contributed by atoms with van der Waals surface area (Å²) in [5, 5.41) is 2.14.